The lowest BCUT2D eigenvalue weighted by atomic mass is 10.4. The molecule has 0 aromatic heterocycles. The molecule has 0 fully saturated rings. The second-order valence-corrected chi connectivity index (χ2v) is 3.92. The number of hydrogen-bond acceptors (Lipinski definition) is 4. The van der Waals surface area contributed by atoms with Gasteiger partial charge in [0.1, 0.15) is 4.87 Å². The SMILES string of the molecule is CC(C)(SS)N(O)C(N)=O. The molecule has 0 saturated carbocycles. The van der Waals surface area contributed by atoms with Gasteiger partial charge in [0, 0.05) is 0 Å². The Morgan fingerprint density at radius 2 is 2.20 bits per heavy atom. The van der Waals surface area contributed by atoms with E-state index in [0.717, 1.165) is 10.8 Å². The third-order valence-electron chi connectivity index (χ3n) is 0.942. The first kappa shape index (κ1) is 9.93. The summed E-state index contributed by atoms with van der Waals surface area (Å²) in [5.74, 6) is 0. The van der Waals surface area contributed by atoms with Crippen LogP contribution >= 0.6 is 22.5 Å². The van der Waals surface area contributed by atoms with Gasteiger partial charge in [0.2, 0.25) is 0 Å². The quantitative estimate of drug-likeness (QED) is 0.197. The van der Waals surface area contributed by atoms with Crippen LogP contribution in [0.2, 0.25) is 0 Å². The van der Waals surface area contributed by atoms with Crippen LogP contribution < -0.4 is 5.73 Å². The van der Waals surface area contributed by atoms with Crippen molar-refractivity contribution in [1.29, 1.82) is 0 Å². The fraction of sp³-hybridized carbons (Fsp3) is 0.750. The van der Waals surface area contributed by atoms with Crippen LogP contribution in [0, 0.1) is 0 Å². The van der Waals surface area contributed by atoms with Gasteiger partial charge in [-0.1, -0.05) is 10.8 Å². The summed E-state index contributed by atoms with van der Waals surface area (Å²) in [6, 6.07) is -0.883. The summed E-state index contributed by atoms with van der Waals surface area (Å²) in [4.78, 5) is 9.57. The number of nitrogens with two attached hydrogens (primary N) is 1. The van der Waals surface area contributed by atoms with Crippen LogP contribution in [0.1, 0.15) is 13.8 Å². The highest BCUT2D eigenvalue weighted by Crippen LogP contribution is 2.29. The number of carbonyl (C=O) groups excluding carboxylic acids is 1. The van der Waals surface area contributed by atoms with E-state index in [1.165, 1.54) is 0 Å². The third kappa shape index (κ3) is 2.28. The Kier molecular flexibility index (Phi) is 3.34. The van der Waals surface area contributed by atoms with Gasteiger partial charge in [0.05, 0.1) is 0 Å². The van der Waals surface area contributed by atoms with Gasteiger partial charge >= 0.3 is 6.03 Å². The van der Waals surface area contributed by atoms with Crippen LogP contribution in [-0.2, 0) is 0 Å². The van der Waals surface area contributed by atoms with Gasteiger partial charge in [-0.15, -0.1) is 11.7 Å². The molecule has 60 valence electrons. The summed E-state index contributed by atoms with van der Waals surface area (Å²) in [5, 5.41) is 9.38. The lowest BCUT2D eigenvalue weighted by Gasteiger charge is -2.28. The standard InChI is InChI=1S/C4H10N2O2S2/c1-4(2,10-9)6(8)3(5)7/h8-9H,1-2H3,(H2,5,7). The summed E-state index contributed by atoms with van der Waals surface area (Å²) < 4.78 is 0. The van der Waals surface area contributed by atoms with E-state index >= 15 is 0 Å². The van der Waals surface area contributed by atoms with Crippen molar-refractivity contribution in [2.24, 2.45) is 5.73 Å². The maximum atomic E-state index is 10.4. The maximum Gasteiger partial charge on any atom is 0.339 e. The second kappa shape index (κ2) is 3.36. The zero-order valence-corrected chi connectivity index (χ0v) is 7.45. The van der Waals surface area contributed by atoms with Crippen molar-refractivity contribution in [1.82, 2.24) is 5.06 Å². The van der Waals surface area contributed by atoms with E-state index in [2.05, 4.69) is 11.7 Å². The predicted molar refractivity (Wildman–Crippen MR) is 43.9 cm³/mol. The molecule has 0 spiro atoms. The van der Waals surface area contributed by atoms with E-state index in [1.807, 2.05) is 0 Å². The Hall–Kier alpha value is -0.0700. The smallest absolute Gasteiger partial charge is 0.339 e. The van der Waals surface area contributed by atoms with Crippen LogP contribution in [0.15, 0.2) is 0 Å². The second-order valence-electron chi connectivity index (χ2n) is 2.19. The first-order valence-corrected chi connectivity index (χ1v) is 4.40. The van der Waals surface area contributed by atoms with Crippen LogP contribution in [0.4, 0.5) is 4.79 Å². The molecular formula is C4H10N2O2S2. The molecule has 3 N–H and O–H groups in total. The number of urea groups is 1. The summed E-state index contributed by atoms with van der Waals surface area (Å²) in [6.45, 7) is 3.24. The molecule has 10 heavy (non-hydrogen) atoms. The van der Waals surface area contributed by atoms with Crippen LogP contribution in [0.25, 0.3) is 0 Å². The molecule has 6 heteroatoms. The highest BCUT2D eigenvalue weighted by molar-refractivity contribution is 8.69. The molecule has 0 atom stereocenters. The van der Waals surface area contributed by atoms with E-state index in [4.69, 9.17) is 10.9 Å². The molecule has 2 amide bonds. The topological polar surface area (TPSA) is 66.6 Å². The zero-order chi connectivity index (χ0) is 8.36. The Bertz CT molecular complexity index is 139. The molecule has 0 aromatic carbocycles. The van der Waals surface area contributed by atoms with E-state index < -0.39 is 10.9 Å². The molecule has 0 saturated heterocycles. The van der Waals surface area contributed by atoms with Gasteiger partial charge in [0.15, 0.2) is 0 Å². The summed E-state index contributed by atoms with van der Waals surface area (Å²) in [6.07, 6.45) is 0. The maximum absolute atomic E-state index is 10.4. The Morgan fingerprint density at radius 3 is 2.30 bits per heavy atom. The Balaban J connectivity index is 4.17. The monoisotopic (exact) mass is 182 g/mol. The predicted octanol–water partition coefficient (Wildman–Crippen LogP) is 1.07. The van der Waals surface area contributed by atoms with Gasteiger partial charge in [0.25, 0.3) is 0 Å². The number of carbonyl (C=O) groups is 1. The highest BCUT2D eigenvalue weighted by Gasteiger charge is 2.27. The minimum atomic E-state index is -0.883. The number of rotatable bonds is 2. The number of hydroxylamine groups is 2. The summed E-state index contributed by atoms with van der Waals surface area (Å²) in [5.41, 5.74) is 4.79. The van der Waals surface area contributed by atoms with Crippen molar-refractivity contribution in [2.45, 2.75) is 18.7 Å². The molecule has 4 nitrogen and oxygen atoms in total. The number of primary amides is 1. The molecule has 0 bridgehead atoms. The van der Waals surface area contributed by atoms with E-state index in [1.54, 1.807) is 13.8 Å². The fourth-order valence-corrected chi connectivity index (χ4v) is 0.703. The van der Waals surface area contributed by atoms with Crippen molar-refractivity contribution in [3.63, 3.8) is 0 Å². The van der Waals surface area contributed by atoms with Crippen molar-refractivity contribution in [3.8, 4) is 0 Å². The van der Waals surface area contributed by atoms with Crippen molar-refractivity contribution >= 4 is 28.5 Å². The van der Waals surface area contributed by atoms with Gasteiger partial charge in [-0.25, -0.2) is 4.79 Å². The van der Waals surface area contributed by atoms with Crippen LogP contribution in [0.3, 0.4) is 0 Å². The van der Waals surface area contributed by atoms with Crippen molar-refractivity contribution in [3.05, 3.63) is 0 Å². The number of hydrogen-bond donors (Lipinski definition) is 3. The highest BCUT2D eigenvalue weighted by atomic mass is 33.1. The van der Waals surface area contributed by atoms with Gasteiger partial charge in [-0.05, 0) is 13.8 Å². The molecule has 0 heterocycles. The van der Waals surface area contributed by atoms with Crippen LogP contribution in [0.5, 0.6) is 0 Å². The lowest BCUT2D eigenvalue weighted by molar-refractivity contribution is -0.0762. The number of amides is 2. The molecule has 0 rings (SSSR count). The Morgan fingerprint density at radius 1 is 1.80 bits per heavy atom. The molecule has 0 aliphatic heterocycles. The van der Waals surface area contributed by atoms with Gasteiger partial charge in [-0.2, -0.15) is 5.06 Å². The first-order valence-electron chi connectivity index (χ1n) is 2.53. The first-order chi connectivity index (χ1) is 4.41. The minimum Gasteiger partial charge on any atom is -0.350 e. The van der Waals surface area contributed by atoms with Gasteiger partial charge in [-0.3, -0.25) is 5.21 Å². The molecule has 0 radical (unpaired) electrons. The molecular weight excluding hydrogens is 172 g/mol. The van der Waals surface area contributed by atoms with E-state index in [9.17, 15) is 4.79 Å². The van der Waals surface area contributed by atoms with Gasteiger partial charge < -0.3 is 5.73 Å². The van der Waals surface area contributed by atoms with E-state index in [-0.39, 0.29) is 0 Å². The largest absolute Gasteiger partial charge is 0.350 e. The zero-order valence-electron chi connectivity index (χ0n) is 5.74. The lowest BCUT2D eigenvalue weighted by Crippen LogP contribution is -2.45. The summed E-state index contributed by atoms with van der Waals surface area (Å²) >= 11 is 3.84. The minimum absolute atomic E-state index is 0.435. The van der Waals surface area contributed by atoms with Crippen molar-refractivity contribution < 1.29 is 10.0 Å². The van der Waals surface area contributed by atoms with Crippen LogP contribution in [-0.4, -0.2) is 21.2 Å². The van der Waals surface area contributed by atoms with E-state index in [0.29, 0.717) is 5.06 Å². The normalized spacial score (nSPS) is 11.2. The molecule has 0 aromatic rings. The average molecular weight is 182 g/mol. The number of thiol groups is 1. The molecule has 0 unspecified atom stereocenters. The average Bonchev–Trinajstić information content (AvgIpc) is 1.86. The Labute approximate surface area is 68.5 Å². The van der Waals surface area contributed by atoms with Crippen molar-refractivity contribution in [2.75, 3.05) is 0 Å². The summed E-state index contributed by atoms with van der Waals surface area (Å²) in [7, 11) is 1.03. The molecule has 0 aliphatic rings. The molecule has 0 aliphatic carbocycles. The fourth-order valence-electron chi connectivity index (χ4n) is 0.304. The third-order valence-corrected chi connectivity index (χ3v) is 2.90. The number of nitrogens with zero attached hydrogens (tertiary/aromatic N) is 1.